The molecule has 0 atom stereocenters. The number of rotatable bonds is 6. The third-order valence-electron chi connectivity index (χ3n) is 3.23. The molecule has 2 amide bonds. The van der Waals surface area contributed by atoms with E-state index in [0.717, 1.165) is 0 Å². The molecule has 0 aromatic heterocycles. The van der Waals surface area contributed by atoms with Gasteiger partial charge in [0.1, 0.15) is 0 Å². The Morgan fingerprint density at radius 1 is 1.14 bits per heavy atom. The first-order valence-electron chi connectivity index (χ1n) is 6.66. The zero-order chi connectivity index (χ0) is 15.2. The van der Waals surface area contributed by atoms with Crippen molar-refractivity contribution in [3.05, 3.63) is 35.4 Å². The van der Waals surface area contributed by atoms with E-state index in [1.807, 2.05) is 12.1 Å². The van der Waals surface area contributed by atoms with Crippen LogP contribution < -0.4 is 16.4 Å². The second-order valence-corrected chi connectivity index (χ2v) is 5.46. The maximum Gasteiger partial charge on any atom is 0.239 e. The number of nitrogens with one attached hydrogen (secondary N) is 2. The van der Waals surface area contributed by atoms with Gasteiger partial charge in [0.25, 0.3) is 0 Å². The van der Waals surface area contributed by atoms with Crippen LogP contribution in [0.1, 0.15) is 25.0 Å². The fraction of sp³-hybridized carbons (Fsp3) is 0.467. The minimum atomic E-state index is -0.335. The first-order chi connectivity index (χ1) is 9.36. The Morgan fingerprint density at radius 2 is 1.76 bits per heavy atom. The smallest absolute Gasteiger partial charge is 0.239 e. The second-order valence-electron chi connectivity index (χ2n) is 5.46. The molecule has 0 aliphatic carbocycles. The van der Waals surface area contributed by atoms with E-state index in [1.54, 1.807) is 0 Å². The van der Waals surface area contributed by atoms with Crippen molar-refractivity contribution in [3.63, 3.8) is 0 Å². The van der Waals surface area contributed by atoms with Crippen LogP contribution in [0.4, 0.5) is 0 Å². The van der Waals surface area contributed by atoms with Gasteiger partial charge in [-0.1, -0.05) is 38.1 Å². The lowest BCUT2D eigenvalue weighted by molar-refractivity contribution is -0.125. The summed E-state index contributed by atoms with van der Waals surface area (Å²) in [6.45, 7) is 6.57. The van der Waals surface area contributed by atoms with Crippen LogP contribution >= 0.6 is 12.4 Å². The summed E-state index contributed by atoms with van der Waals surface area (Å²) in [6, 6.07) is 8.11. The maximum atomic E-state index is 11.7. The van der Waals surface area contributed by atoms with Gasteiger partial charge in [-0.3, -0.25) is 9.59 Å². The number of halogens is 1. The van der Waals surface area contributed by atoms with Crippen molar-refractivity contribution in [2.75, 3.05) is 19.6 Å². The summed E-state index contributed by atoms with van der Waals surface area (Å²) >= 11 is 0. The zero-order valence-electron chi connectivity index (χ0n) is 12.7. The normalized spacial score (nSPS) is 10.5. The molecule has 21 heavy (non-hydrogen) atoms. The van der Waals surface area contributed by atoms with Crippen molar-refractivity contribution in [1.29, 1.82) is 0 Å². The van der Waals surface area contributed by atoms with E-state index in [0.29, 0.717) is 6.54 Å². The topological polar surface area (TPSA) is 84.2 Å². The molecule has 0 unspecified atom stereocenters. The monoisotopic (exact) mass is 313 g/mol. The molecule has 0 aliphatic rings. The average Bonchev–Trinajstić information content (AvgIpc) is 2.42. The largest absolute Gasteiger partial charge is 0.354 e. The Bertz CT molecular complexity index is 490. The fourth-order valence-corrected chi connectivity index (χ4v) is 2.06. The van der Waals surface area contributed by atoms with Gasteiger partial charge in [0.05, 0.1) is 13.1 Å². The van der Waals surface area contributed by atoms with E-state index in [4.69, 9.17) is 5.73 Å². The van der Waals surface area contributed by atoms with E-state index in [9.17, 15) is 9.59 Å². The molecule has 1 rings (SSSR count). The van der Waals surface area contributed by atoms with Crippen molar-refractivity contribution < 1.29 is 9.59 Å². The van der Waals surface area contributed by atoms with Crippen molar-refractivity contribution in [3.8, 4) is 0 Å². The molecule has 0 heterocycles. The van der Waals surface area contributed by atoms with Crippen LogP contribution in [-0.2, 0) is 15.0 Å². The lowest BCUT2D eigenvalue weighted by atomic mass is 9.82. The molecule has 6 heteroatoms. The van der Waals surface area contributed by atoms with Gasteiger partial charge >= 0.3 is 0 Å². The predicted molar refractivity (Wildman–Crippen MR) is 86.5 cm³/mol. The van der Waals surface area contributed by atoms with E-state index in [2.05, 4.69) is 43.5 Å². The maximum absolute atomic E-state index is 11.7. The number of hydrogen-bond donors (Lipinski definition) is 3. The van der Waals surface area contributed by atoms with Crippen LogP contribution in [0.15, 0.2) is 24.3 Å². The Hall–Kier alpha value is -1.59. The molecule has 0 saturated carbocycles. The molecule has 0 saturated heterocycles. The van der Waals surface area contributed by atoms with Crippen molar-refractivity contribution in [2.24, 2.45) is 5.73 Å². The van der Waals surface area contributed by atoms with Crippen molar-refractivity contribution in [2.45, 2.75) is 26.2 Å². The summed E-state index contributed by atoms with van der Waals surface area (Å²) in [5.74, 6) is -0.549. The minimum absolute atomic E-state index is 0. The molecule has 0 bridgehead atoms. The van der Waals surface area contributed by atoms with Crippen molar-refractivity contribution >= 4 is 24.2 Å². The highest BCUT2D eigenvalue weighted by molar-refractivity contribution is 5.85. The van der Waals surface area contributed by atoms with Gasteiger partial charge in [-0.15, -0.1) is 12.4 Å². The van der Waals surface area contributed by atoms with E-state index < -0.39 is 0 Å². The summed E-state index contributed by atoms with van der Waals surface area (Å²) in [6.07, 6.45) is 0. The van der Waals surface area contributed by atoms with Gasteiger partial charge in [0.15, 0.2) is 0 Å². The van der Waals surface area contributed by atoms with Crippen LogP contribution in [0.2, 0.25) is 0 Å². The molecule has 118 valence electrons. The van der Waals surface area contributed by atoms with Gasteiger partial charge in [0, 0.05) is 12.0 Å². The highest BCUT2D eigenvalue weighted by Crippen LogP contribution is 2.25. The Kier molecular flexibility index (Phi) is 7.99. The number of benzene rings is 1. The molecule has 0 aliphatic heterocycles. The van der Waals surface area contributed by atoms with Crippen LogP contribution in [0.3, 0.4) is 0 Å². The predicted octanol–water partition coefficient (Wildman–Crippen LogP) is 0.886. The van der Waals surface area contributed by atoms with Crippen molar-refractivity contribution in [1.82, 2.24) is 10.6 Å². The van der Waals surface area contributed by atoms with Gasteiger partial charge < -0.3 is 16.4 Å². The standard InChI is InChI=1S/C15H23N3O2.ClH/c1-11-6-4-5-7-12(11)15(2,3)10-18-14(20)9-17-13(19)8-16;/h4-7H,8-10,16H2,1-3H3,(H,17,19)(H,18,20);1H. The Morgan fingerprint density at radius 3 is 2.33 bits per heavy atom. The molecule has 0 radical (unpaired) electrons. The minimum Gasteiger partial charge on any atom is -0.354 e. The van der Waals surface area contributed by atoms with Crippen LogP contribution in [-0.4, -0.2) is 31.4 Å². The van der Waals surface area contributed by atoms with Gasteiger partial charge in [0.2, 0.25) is 11.8 Å². The molecule has 0 spiro atoms. The first kappa shape index (κ1) is 19.4. The van der Waals surface area contributed by atoms with E-state index in [-0.39, 0.29) is 42.7 Å². The lowest BCUT2D eigenvalue weighted by Gasteiger charge is -2.27. The summed E-state index contributed by atoms with van der Waals surface area (Å²) in [7, 11) is 0. The molecule has 0 fully saturated rings. The van der Waals surface area contributed by atoms with Gasteiger partial charge in [-0.2, -0.15) is 0 Å². The molecular formula is C15H24ClN3O2. The third-order valence-corrected chi connectivity index (χ3v) is 3.23. The van der Waals surface area contributed by atoms with Gasteiger partial charge in [-0.25, -0.2) is 0 Å². The highest BCUT2D eigenvalue weighted by Gasteiger charge is 2.22. The first-order valence-corrected chi connectivity index (χ1v) is 6.66. The molecule has 4 N–H and O–H groups in total. The summed E-state index contributed by atoms with van der Waals surface area (Å²) < 4.78 is 0. The number of carbonyl (C=O) groups is 2. The second kappa shape index (κ2) is 8.64. The number of nitrogens with two attached hydrogens (primary N) is 1. The van der Waals surface area contributed by atoms with Crippen LogP contribution in [0.25, 0.3) is 0 Å². The number of aryl methyl sites for hydroxylation is 1. The van der Waals surface area contributed by atoms with Crippen LogP contribution in [0.5, 0.6) is 0 Å². The summed E-state index contributed by atoms with van der Waals surface area (Å²) in [4.78, 5) is 22.6. The number of amides is 2. The number of carbonyl (C=O) groups excluding carboxylic acids is 2. The van der Waals surface area contributed by atoms with E-state index >= 15 is 0 Å². The lowest BCUT2D eigenvalue weighted by Crippen LogP contribution is -2.43. The fourth-order valence-electron chi connectivity index (χ4n) is 2.06. The van der Waals surface area contributed by atoms with Crippen LogP contribution in [0, 0.1) is 6.92 Å². The molecule has 1 aromatic rings. The highest BCUT2D eigenvalue weighted by atomic mass is 35.5. The van der Waals surface area contributed by atoms with Gasteiger partial charge in [-0.05, 0) is 18.1 Å². The quantitative estimate of drug-likeness (QED) is 0.729. The Balaban J connectivity index is 0.00000400. The average molecular weight is 314 g/mol. The Labute approximate surface area is 132 Å². The molecular weight excluding hydrogens is 290 g/mol. The van der Waals surface area contributed by atoms with E-state index in [1.165, 1.54) is 11.1 Å². The third kappa shape index (κ3) is 6.14. The summed E-state index contributed by atoms with van der Waals surface area (Å²) in [5, 5.41) is 5.28. The SMILES string of the molecule is Cc1ccccc1C(C)(C)CNC(=O)CNC(=O)CN.Cl. The molecule has 5 nitrogen and oxygen atoms in total. The summed E-state index contributed by atoms with van der Waals surface area (Å²) in [5.41, 5.74) is 7.38. The molecule has 1 aromatic carbocycles. The number of hydrogen-bond acceptors (Lipinski definition) is 3. The zero-order valence-corrected chi connectivity index (χ0v) is 13.5.